The lowest BCUT2D eigenvalue weighted by Crippen LogP contribution is -1.88. The van der Waals surface area contributed by atoms with Crippen molar-refractivity contribution in [2.24, 2.45) is 0 Å². The summed E-state index contributed by atoms with van der Waals surface area (Å²) in [5, 5.41) is 20.7. The van der Waals surface area contributed by atoms with Gasteiger partial charge in [0.05, 0.1) is 23.0 Å². The molecular weight excluding hydrogens is 298 g/mol. The Morgan fingerprint density at radius 1 is 1.45 bits per heavy atom. The van der Waals surface area contributed by atoms with E-state index in [1.54, 1.807) is 20.1 Å². The molecule has 0 fully saturated rings. The van der Waals surface area contributed by atoms with E-state index in [0.717, 1.165) is 4.90 Å². The number of rotatable bonds is 5. The second-order valence-electron chi connectivity index (χ2n) is 4.01. The average molecular weight is 311 g/mol. The summed E-state index contributed by atoms with van der Waals surface area (Å²) in [6, 6.07) is 8.76. The van der Waals surface area contributed by atoms with Gasteiger partial charge in [-0.2, -0.15) is 0 Å². The maximum atomic E-state index is 11.1. The Labute approximate surface area is 124 Å². The molecule has 7 heteroatoms. The highest BCUT2D eigenvalue weighted by Gasteiger charge is 2.22. The molecule has 1 heterocycles. The van der Waals surface area contributed by atoms with Crippen molar-refractivity contribution in [3.05, 3.63) is 45.3 Å². The Morgan fingerprint density at radius 2 is 2.15 bits per heavy atom. The maximum absolute atomic E-state index is 11.1. The molecule has 0 radical (unpaired) electrons. The lowest BCUT2D eigenvalue weighted by molar-refractivity contribution is -0.387. The van der Waals surface area contributed by atoms with E-state index in [2.05, 4.69) is 0 Å². The normalized spacial score (nSPS) is 12.2. The predicted octanol–water partition coefficient (Wildman–Crippen LogP) is 3.87. The summed E-state index contributed by atoms with van der Waals surface area (Å²) in [5.41, 5.74) is 0.0156. The number of thiophene rings is 1. The molecule has 0 aliphatic carbocycles. The van der Waals surface area contributed by atoms with E-state index >= 15 is 0 Å². The third-order valence-electron chi connectivity index (χ3n) is 2.58. The van der Waals surface area contributed by atoms with Gasteiger partial charge in [0.25, 0.3) is 5.69 Å². The fourth-order valence-electron chi connectivity index (χ4n) is 1.59. The largest absolute Gasteiger partial charge is 0.496 e. The summed E-state index contributed by atoms with van der Waals surface area (Å²) in [4.78, 5) is 12.0. The van der Waals surface area contributed by atoms with Crippen LogP contribution in [0.4, 0.5) is 5.69 Å². The Hall–Kier alpha value is -1.57. The number of para-hydroxylation sites is 1. The quantitative estimate of drug-likeness (QED) is 0.670. The molecule has 2 aromatic rings. The van der Waals surface area contributed by atoms with Crippen LogP contribution in [0, 0.1) is 10.1 Å². The highest BCUT2D eigenvalue weighted by atomic mass is 32.2. The number of hydrogen-bond acceptors (Lipinski definition) is 6. The summed E-state index contributed by atoms with van der Waals surface area (Å²) in [7, 11) is 1.56. The molecule has 1 aromatic heterocycles. The van der Waals surface area contributed by atoms with Gasteiger partial charge in [0, 0.05) is 10.9 Å². The summed E-state index contributed by atoms with van der Waals surface area (Å²) in [5.74, 6) is 0.666. The topological polar surface area (TPSA) is 72.6 Å². The summed E-state index contributed by atoms with van der Waals surface area (Å²) < 4.78 is 5.77. The standard InChI is InChI=1S/C13H13NO4S2/c1-8(15)12-7-9(14(16)17)13(20-12)19-11-6-4-3-5-10(11)18-2/h3-8,15H,1-2H3/t8-/m0/s1. The van der Waals surface area contributed by atoms with Crippen LogP contribution in [0.2, 0.25) is 0 Å². The van der Waals surface area contributed by atoms with Crippen LogP contribution in [0.25, 0.3) is 0 Å². The SMILES string of the molecule is COc1ccccc1Sc1sc([C@H](C)O)cc1[N+](=O)[O-]. The molecule has 0 saturated carbocycles. The molecule has 1 atom stereocenters. The van der Waals surface area contributed by atoms with Crippen molar-refractivity contribution < 1.29 is 14.8 Å². The van der Waals surface area contributed by atoms with Gasteiger partial charge in [0.1, 0.15) is 9.96 Å². The molecule has 0 saturated heterocycles. The van der Waals surface area contributed by atoms with E-state index in [9.17, 15) is 15.2 Å². The van der Waals surface area contributed by atoms with Gasteiger partial charge in [-0.1, -0.05) is 23.9 Å². The van der Waals surface area contributed by atoms with Crippen molar-refractivity contribution in [3.8, 4) is 5.75 Å². The van der Waals surface area contributed by atoms with Crippen LogP contribution >= 0.6 is 23.1 Å². The van der Waals surface area contributed by atoms with Gasteiger partial charge in [-0.05, 0) is 19.1 Å². The monoisotopic (exact) mass is 311 g/mol. The van der Waals surface area contributed by atoms with Gasteiger partial charge >= 0.3 is 0 Å². The molecule has 2 rings (SSSR count). The number of hydrogen-bond donors (Lipinski definition) is 1. The van der Waals surface area contributed by atoms with Gasteiger partial charge in [-0.25, -0.2) is 0 Å². The lowest BCUT2D eigenvalue weighted by Gasteiger charge is -2.05. The average Bonchev–Trinajstić information content (AvgIpc) is 2.84. The number of nitro groups is 1. The summed E-state index contributed by atoms with van der Waals surface area (Å²) in [6.45, 7) is 1.59. The molecule has 0 bridgehead atoms. The number of aliphatic hydroxyl groups is 1. The third-order valence-corrected chi connectivity index (χ3v) is 5.12. The number of nitrogens with zero attached hydrogens (tertiary/aromatic N) is 1. The van der Waals surface area contributed by atoms with Gasteiger partial charge in [0.15, 0.2) is 0 Å². The van der Waals surface area contributed by atoms with E-state index < -0.39 is 11.0 Å². The molecule has 20 heavy (non-hydrogen) atoms. The number of aliphatic hydroxyl groups excluding tert-OH is 1. The second-order valence-corrected chi connectivity index (χ2v) is 6.40. The minimum absolute atomic E-state index is 0.0156. The van der Waals surface area contributed by atoms with Gasteiger partial charge < -0.3 is 9.84 Å². The lowest BCUT2D eigenvalue weighted by atomic mass is 10.3. The van der Waals surface area contributed by atoms with Crippen LogP contribution in [0.5, 0.6) is 5.75 Å². The van der Waals surface area contributed by atoms with E-state index in [1.165, 1.54) is 29.2 Å². The van der Waals surface area contributed by atoms with Gasteiger partial charge in [-0.3, -0.25) is 10.1 Å². The van der Waals surface area contributed by atoms with Crippen molar-refractivity contribution in [1.82, 2.24) is 0 Å². The van der Waals surface area contributed by atoms with Gasteiger partial charge in [0.2, 0.25) is 0 Å². The van der Waals surface area contributed by atoms with Crippen LogP contribution in [0.3, 0.4) is 0 Å². The minimum Gasteiger partial charge on any atom is -0.496 e. The Kier molecular flexibility index (Phi) is 4.64. The zero-order chi connectivity index (χ0) is 14.7. The summed E-state index contributed by atoms with van der Waals surface area (Å²) in [6.07, 6.45) is -0.717. The fraction of sp³-hybridized carbons (Fsp3) is 0.231. The van der Waals surface area contributed by atoms with Crippen molar-refractivity contribution in [3.63, 3.8) is 0 Å². The molecule has 0 amide bonds. The molecule has 1 aromatic carbocycles. The molecule has 1 N–H and O–H groups in total. The Balaban J connectivity index is 2.39. The first-order valence-electron chi connectivity index (χ1n) is 5.80. The maximum Gasteiger partial charge on any atom is 0.294 e. The van der Waals surface area contributed by atoms with E-state index in [1.807, 2.05) is 18.2 Å². The smallest absolute Gasteiger partial charge is 0.294 e. The van der Waals surface area contributed by atoms with Crippen LogP contribution in [0.1, 0.15) is 17.9 Å². The van der Waals surface area contributed by atoms with E-state index in [-0.39, 0.29) is 5.69 Å². The van der Waals surface area contributed by atoms with Gasteiger partial charge in [-0.15, -0.1) is 11.3 Å². The fourth-order valence-corrected chi connectivity index (χ4v) is 3.95. The summed E-state index contributed by atoms with van der Waals surface area (Å²) >= 11 is 2.50. The van der Waals surface area contributed by atoms with Crippen molar-refractivity contribution in [1.29, 1.82) is 0 Å². The molecule has 0 unspecified atom stereocenters. The zero-order valence-electron chi connectivity index (χ0n) is 10.9. The Morgan fingerprint density at radius 3 is 2.75 bits per heavy atom. The highest BCUT2D eigenvalue weighted by molar-refractivity contribution is 8.01. The van der Waals surface area contributed by atoms with Crippen LogP contribution in [-0.2, 0) is 0 Å². The van der Waals surface area contributed by atoms with Crippen LogP contribution in [0.15, 0.2) is 39.4 Å². The van der Waals surface area contributed by atoms with Crippen molar-refractivity contribution in [2.45, 2.75) is 22.1 Å². The van der Waals surface area contributed by atoms with E-state index in [0.29, 0.717) is 14.8 Å². The highest BCUT2D eigenvalue weighted by Crippen LogP contribution is 2.45. The minimum atomic E-state index is -0.717. The molecule has 0 aliphatic heterocycles. The first kappa shape index (κ1) is 14.8. The molecular formula is C13H13NO4S2. The number of benzene rings is 1. The Bertz CT molecular complexity index is 625. The molecule has 106 valence electrons. The second kappa shape index (κ2) is 6.25. The van der Waals surface area contributed by atoms with E-state index in [4.69, 9.17) is 4.74 Å². The molecule has 0 aliphatic rings. The molecule has 0 spiro atoms. The number of ether oxygens (including phenoxy) is 1. The first-order chi connectivity index (χ1) is 9.52. The van der Waals surface area contributed by atoms with Crippen LogP contribution in [-0.4, -0.2) is 17.1 Å². The number of methoxy groups -OCH3 is 1. The van der Waals surface area contributed by atoms with Crippen molar-refractivity contribution in [2.75, 3.05) is 7.11 Å². The molecule has 5 nitrogen and oxygen atoms in total. The third kappa shape index (κ3) is 3.12. The zero-order valence-corrected chi connectivity index (χ0v) is 12.5. The predicted molar refractivity (Wildman–Crippen MR) is 78.7 cm³/mol. The first-order valence-corrected chi connectivity index (χ1v) is 7.43. The van der Waals surface area contributed by atoms with Crippen molar-refractivity contribution >= 4 is 28.8 Å². The van der Waals surface area contributed by atoms with Crippen LogP contribution < -0.4 is 4.74 Å².